The zero-order chi connectivity index (χ0) is 16.7. The lowest BCUT2D eigenvalue weighted by molar-refractivity contribution is 0.749. The molecular formula is C15H16ClN7S. The van der Waals surface area contributed by atoms with Crippen molar-refractivity contribution in [1.29, 1.82) is 0 Å². The number of hydrogen-bond acceptors (Lipinski definition) is 7. The predicted octanol–water partition coefficient (Wildman–Crippen LogP) is 2.05. The summed E-state index contributed by atoms with van der Waals surface area (Å²) in [6, 6.07) is 2.02. The number of nitrogens with zero attached hydrogens (tertiary/aromatic N) is 5. The number of imidazole rings is 1. The molecule has 1 atom stereocenters. The van der Waals surface area contributed by atoms with Gasteiger partial charge in [0.05, 0.1) is 9.92 Å². The molecule has 1 fully saturated rings. The molecule has 7 nitrogen and oxygen atoms in total. The van der Waals surface area contributed by atoms with E-state index in [9.17, 15) is 0 Å². The van der Waals surface area contributed by atoms with E-state index in [1.54, 1.807) is 12.4 Å². The van der Waals surface area contributed by atoms with Crippen LogP contribution in [-0.4, -0.2) is 38.5 Å². The molecule has 0 spiro atoms. The fourth-order valence-electron chi connectivity index (χ4n) is 2.80. The Morgan fingerprint density at radius 2 is 2.08 bits per heavy atom. The molecule has 124 valence electrons. The van der Waals surface area contributed by atoms with Crippen molar-refractivity contribution >= 4 is 40.8 Å². The van der Waals surface area contributed by atoms with Gasteiger partial charge in [0.1, 0.15) is 5.82 Å². The second kappa shape index (κ2) is 6.12. The largest absolute Gasteiger partial charge is 0.382 e. The highest BCUT2D eigenvalue weighted by Gasteiger charge is 2.23. The second-order valence-corrected chi connectivity index (χ2v) is 7.11. The molecule has 3 aromatic rings. The Morgan fingerprint density at radius 3 is 2.88 bits per heavy atom. The molecule has 0 unspecified atom stereocenters. The predicted molar refractivity (Wildman–Crippen MR) is 95.6 cm³/mol. The summed E-state index contributed by atoms with van der Waals surface area (Å²) in [6.07, 6.45) is 8.11. The van der Waals surface area contributed by atoms with Gasteiger partial charge in [-0.15, -0.1) is 0 Å². The van der Waals surface area contributed by atoms with Crippen LogP contribution < -0.4 is 16.4 Å². The highest BCUT2D eigenvalue weighted by molar-refractivity contribution is 7.99. The molecule has 0 aliphatic carbocycles. The summed E-state index contributed by atoms with van der Waals surface area (Å²) in [6.45, 7) is 1.71. The molecule has 4 rings (SSSR count). The number of fused-ring (bicyclic) bond motifs is 1. The van der Waals surface area contributed by atoms with Crippen LogP contribution in [-0.2, 0) is 0 Å². The van der Waals surface area contributed by atoms with E-state index >= 15 is 0 Å². The lowest BCUT2D eigenvalue weighted by atomic mass is 10.3. The molecule has 0 saturated carbocycles. The average molecular weight is 362 g/mol. The molecule has 0 amide bonds. The SMILES string of the molecule is Nc1nccc(Sc2cnc(N3CC[C@@H](N)C3)n3ccnc23)c1Cl. The van der Waals surface area contributed by atoms with Gasteiger partial charge < -0.3 is 16.4 Å². The quantitative estimate of drug-likeness (QED) is 0.736. The first kappa shape index (κ1) is 15.5. The second-order valence-electron chi connectivity index (χ2n) is 5.65. The fourth-order valence-corrected chi connectivity index (χ4v) is 3.93. The molecule has 0 radical (unpaired) electrons. The van der Waals surface area contributed by atoms with E-state index in [0.717, 1.165) is 40.9 Å². The molecule has 24 heavy (non-hydrogen) atoms. The Balaban J connectivity index is 1.73. The average Bonchev–Trinajstić information content (AvgIpc) is 3.21. The van der Waals surface area contributed by atoms with E-state index in [4.69, 9.17) is 23.1 Å². The molecular weight excluding hydrogens is 346 g/mol. The third-order valence-electron chi connectivity index (χ3n) is 3.98. The van der Waals surface area contributed by atoms with Gasteiger partial charge in [-0.1, -0.05) is 23.4 Å². The van der Waals surface area contributed by atoms with Crippen LogP contribution in [0.25, 0.3) is 5.65 Å². The maximum absolute atomic E-state index is 6.24. The van der Waals surface area contributed by atoms with Crippen LogP contribution in [0.4, 0.5) is 11.8 Å². The minimum absolute atomic E-state index is 0.193. The van der Waals surface area contributed by atoms with E-state index in [-0.39, 0.29) is 6.04 Å². The highest BCUT2D eigenvalue weighted by Crippen LogP contribution is 2.37. The molecule has 1 aliphatic heterocycles. The van der Waals surface area contributed by atoms with Gasteiger partial charge >= 0.3 is 0 Å². The Kier molecular flexibility index (Phi) is 3.95. The van der Waals surface area contributed by atoms with Gasteiger partial charge in [0.2, 0.25) is 5.95 Å². The normalized spacial score (nSPS) is 17.8. The van der Waals surface area contributed by atoms with Crippen molar-refractivity contribution in [3.8, 4) is 0 Å². The first-order valence-electron chi connectivity index (χ1n) is 7.54. The topological polar surface area (TPSA) is 98.4 Å². The number of halogens is 1. The van der Waals surface area contributed by atoms with Crippen LogP contribution in [0.5, 0.6) is 0 Å². The van der Waals surface area contributed by atoms with Gasteiger partial charge in [-0.05, 0) is 12.5 Å². The van der Waals surface area contributed by atoms with E-state index < -0.39 is 0 Å². The van der Waals surface area contributed by atoms with Crippen molar-refractivity contribution in [2.45, 2.75) is 22.3 Å². The lowest BCUT2D eigenvalue weighted by Crippen LogP contribution is -2.28. The zero-order valence-electron chi connectivity index (χ0n) is 12.8. The first-order chi connectivity index (χ1) is 11.6. The van der Waals surface area contributed by atoms with Crippen LogP contribution in [0, 0.1) is 0 Å². The van der Waals surface area contributed by atoms with Gasteiger partial charge in [0.15, 0.2) is 5.65 Å². The molecule has 0 bridgehead atoms. The number of pyridine rings is 1. The highest BCUT2D eigenvalue weighted by atomic mass is 35.5. The molecule has 3 aromatic heterocycles. The molecule has 1 saturated heterocycles. The minimum Gasteiger partial charge on any atom is -0.382 e. The van der Waals surface area contributed by atoms with Crippen molar-refractivity contribution in [3.63, 3.8) is 0 Å². The Hall–Kier alpha value is -2.03. The number of nitrogens with two attached hydrogens (primary N) is 2. The summed E-state index contributed by atoms with van der Waals surface area (Å²) >= 11 is 7.71. The first-order valence-corrected chi connectivity index (χ1v) is 8.73. The van der Waals surface area contributed by atoms with Gasteiger partial charge in [-0.3, -0.25) is 4.40 Å². The summed E-state index contributed by atoms with van der Waals surface area (Å²) < 4.78 is 1.98. The van der Waals surface area contributed by atoms with E-state index in [0.29, 0.717) is 10.8 Å². The number of anilines is 2. The lowest BCUT2D eigenvalue weighted by Gasteiger charge is -2.18. The van der Waals surface area contributed by atoms with Crippen molar-refractivity contribution in [2.24, 2.45) is 5.73 Å². The van der Waals surface area contributed by atoms with Gasteiger partial charge in [-0.25, -0.2) is 15.0 Å². The molecule has 4 N–H and O–H groups in total. The molecule has 1 aliphatic rings. The smallest absolute Gasteiger partial charge is 0.211 e. The maximum Gasteiger partial charge on any atom is 0.211 e. The summed E-state index contributed by atoms with van der Waals surface area (Å²) in [7, 11) is 0. The molecule has 4 heterocycles. The fraction of sp³-hybridized carbons (Fsp3) is 0.267. The number of nitrogen functional groups attached to an aromatic ring is 1. The minimum atomic E-state index is 0.193. The van der Waals surface area contributed by atoms with Crippen molar-refractivity contribution in [2.75, 3.05) is 23.7 Å². The van der Waals surface area contributed by atoms with Gasteiger partial charge in [-0.2, -0.15) is 0 Å². The summed E-state index contributed by atoms with van der Waals surface area (Å²) in [5.74, 6) is 1.18. The van der Waals surface area contributed by atoms with Gasteiger partial charge in [0.25, 0.3) is 0 Å². The summed E-state index contributed by atoms with van der Waals surface area (Å²) in [5.41, 5.74) is 12.6. The van der Waals surface area contributed by atoms with Crippen molar-refractivity contribution in [1.82, 2.24) is 19.4 Å². The van der Waals surface area contributed by atoms with Crippen LogP contribution >= 0.6 is 23.4 Å². The van der Waals surface area contributed by atoms with Crippen LogP contribution in [0.3, 0.4) is 0 Å². The number of hydrogen-bond donors (Lipinski definition) is 2. The monoisotopic (exact) mass is 361 g/mol. The molecule has 0 aromatic carbocycles. The van der Waals surface area contributed by atoms with Crippen LogP contribution in [0.1, 0.15) is 6.42 Å². The maximum atomic E-state index is 6.24. The number of rotatable bonds is 3. The number of aromatic nitrogens is 4. The van der Waals surface area contributed by atoms with E-state index in [2.05, 4.69) is 19.9 Å². The summed E-state index contributed by atoms with van der Waals surface area (Å²) in [5, 5.41) is 0.446. The van der Waals surface area contributed by atoms with E-state index in [1.165, 1.54) is 11.8 Å². The third kappa shape index (κ3) is 2.66. The Morgan fingerprint density at radius 1 is 1.21 bits per heavy atom. The molecule has 9 heteroatoms. The van der Waals surface area contributed by atoms with Crippen molar-refractivity contribution < 1.29 is 0 Å². The summed E-state index contributed by atoms with van der Waals surface area (Å²) in [4.78, 5) is 17.0. The Bertz CT molecular complexity index is 897. The standard InChI is InChI=1S/C15H16ClN7S/c16-12-10(1-3-19-13(12)18)24-11-7-21-15(22-5-2-9(17)8-22)23-6-4-20-14(11)23/h1,3-4,6-7,9H,2,5,8,17H2,(H2,18,19)/t9-/m1/s1. The zero-order valence-corrected chi connectivity index (χ0v) is 14.3. The van der Waals surface area contributed by atoms with Gasteiger partial charge in [0, 0.05) is 48.8 Å². The van der Waals surface area contributed by atoms with E-state index in [1.807, 2.05) is 22.9 Å². The van der Waals surface area contributed by atoms with Crippen molar-refractivity contribution in [3.05, 3.63) is 35.9 Å². The van der Waals surface area contributed by atoms with Crippen LogP contribution in [0.15, 0.2) is 40.6 Å². The van der Waals surface area contributed by atoms with Crippen LogP contribution in [0.2, 0.25) is 5.02 Å². The Labute approximate surface area is 148 Å². The third-order valence-corrected chi connectivity index (χ3v) is 5.56.